The van der Waals surface area contributed by atoms with Gasteiger partial charge in [-0.05, 0) is 50.2 Å². The maximum Gasteiger partial charge on any atom is 0.740 e. The van der Waals surface area contributed by atoms with Crippen molar-refractivity contribution >= 4 is 18.4 Å². The van der Waals surface area contributed by atoms with E-state index in [0.29, 0.717) is 22.8 Å². The number of hydrogen-bond acceptors (Lipinski definition) is 1. The van der Waals surface area contributed by atoms with Gasteiger partial charge in [-0.2, -0.15) is 0 Å². The smallest absolute Gasteiger partial charge is 0.409 e. The molecule has 0 saturated carbocycles. The Morgan fingerprint density at radius 3 is 2.46 bits per heavy atom. The second-order valence-electron chi connectivity index (χ2n) is 6.24. The summed E-state index contributed by atoms with van der Waals surface area (Å²) in [6, 6.07) is 10.8. The quantitative estimate of drug-likeness (QED) is 0.720. The summed E-state index contributed by atoms with van der Waals surface area (Å²) in [5.74, 6) is 0.686. The molecule has 0 radical (unpaired) electrons. The summed E-state index contributed by atoms with van der Waals surface area (Å²) < 4.78 is 38.6. The average molecular weight is 326 g/mol. The molecule has 122 valence electrons. The van der Waals surface area contributed by atoms with Crippen molar-refractivity contribution in [3.05, 3.63) is 71.2 Å². The van der Waals surface area contributed by atoms with Crippen LogP contribution in [0.4, 0.5) is 8.63 Å². The van der Waals surface area contributed by atoms with Gasteiger partial charge in [0.25, 0.3) is 0 Å². The van der Waals surface area contributed by atoms with Crippen molar-refractivity contribution in [2.24, 2.45) is 0 Å². The van der Waals surface area contributed by atoms with Crippen LogP contribution in [0.3, 0.4) is 0 Å². The Labute approximate surface area is 139 Å². The van der Waals surface area contributed by atoms with Gasteiger partial charge in [0.2, 0.25) is 0 Å². The monoisotopic (exact) mass is 326 g/mol. The molecule has 0 saturated heterocycles. The van der Waals surface area contributed by atoms with Crippen molar-refractivity contribution in [3.63, 3.8) is 0 Å². The highest BCUT2D eigenvalue weighted by atomic mass is 19.2. The van der Waals surface area contributed by atoms with Crippen molar-refractivity contribution in [1.82, 2.24) is 4.48 Å². The molecule has 0 atom stereocenters. The van der Waals surface area contributed by atoms with Crippen molar-refractivity contribution in [3.8, 4) is 5.75 Å². The highest BCUT2D eigenvalue weighted by Gasteiger charge is 2.54. The SMILES string of the molecule is CC1=C2C=CC(Oc3ccccc3)=[N+]2[B-](F)(F)n2c(C)cc(C)c21. The zero-order valence-electron chi connectivity index (χ0n) is 13.8. The fraction of sp³-hybridized carbons (Fsp3) is 0.167. The first-order chi connectivity index (χ1) is 11.4. The third-order valence-electron chi connectivity index (χ3n) is 4.63. The molecule has 4 rings (SSSR count). The number of fused-ring (bicyclic) bond motifs is 2. The number of aryl methyl sites for hydroxylation is 2. The zero-order valence-corrected chi connectivity index (χ0v) is 13.8. The number of allylic oxidation sites excluding steroid dienone is 2. The predicted octanol–water partition coefficient (Wildman–Crippen LogP) is 4.13. The fourth-order valence-electron chi connectivity index (χ4n) is 3.68. The van der Waals surface area contributed by atoms with Crippen LogP contribution < -0.4 is 4.74 Å². The molecule has 3 nitrogen and oxygen atoms in total. The lowest BCUT2D eigenvalue weighted by Gasteiger charge is -2.31. The van der Waals surface area contributed by atoms with Crippen LogP contribution in [0, 0.1) is 13.8 Å². The molecule has 3 heterocycles. The van der Waals surface area contributed by atoms with Gasteiger partial charge in [-0.1, -0.05) is 18.2 Å². The van der Waals surface area contributed by atoms with Crippen LogP contribution >= 0.6 is 0 Å². The van der Waals surface area contributed by atoms with Gasteiger partial charge in [0.15, 0.2) is 5.70 Å². The summed E-state index contributed by atoms with van der Waals surface area (Å²) in [7, 11) is 0. The Morgan fingerprint density at radius 1 is 1.04 bits per heavy atom. The first kappa shape index (κ1) is 14.9. The number of rotatable bonds is 1. The third kappa shape index (κ3) is 1.92. The van der Waals surface area contributed by atoms with Gasteiger partial charge in [0, 0.05) is 17.3 Å². The van der Waals surface area contributed by atoms with E-state index in [1.165, 1.54) is 0 Å². The van der Waals surface area contributed by atoms with E-state index in [1.54, 1.807) is 37.3 Å². The molecule has 6 heteroatoms. The minimum atomic E-state index is -4.00. The Hall–Kier alpha value is -2.63. The van der Waals surface area contributed by atoms with Crippen LogP contribution in [-0.4, -0.2) is 21.8 Å². The third-order valence-corrected chi connectivity index (χ3v) is 4.63. The molecule has 0 bridgehead atoms. The van der Waals surface area contributed by atoms with E-state index < -0.39 is 6.97 Å². The second-order valence-corrected chi connectivity index (χ2v) is 6.24. The molecule has 1 aromatic heterocycles. The molecule has 24 heavy (non-hydrogen) atoms. The molecule has 0 spiro atoms. The maximum absolute atomic E-state index is 15.3. The Morgan fingerprint density at radius 2 is 1.75 bits per heavy atom. The Bertz CT molecular complexity index is 939. The fourth-order valence-corrected chi connectivity index (χ4v) is 3.68. The van der Waals surface area contributed by atoms with Crippen molar-refractivity contribution in [2.45, 2.75) is 20.8 Å². The lowest BCUT2D eigenvalue weighted by molar-refractivity contribution is -0.370. The van der Waals surface area contributed by atoms with Gasteiger partial charge < -0.3 is 17.8 Å². The predicted molar refractivity (Wildman–Crippen MR) is 91.3 cm³/mol. The van der Waals surface area contributed by atoms with Gasteiger partial charge in [-0.3, -0.25) is 4.49 Å². The molecule has 0 fully saturated rings. The van der Waals surface area contributed by atoms with Crippen LogP contribution in [0.15, 0.2) is 54.2 Å². The molecule has 0 unspecified atom stereocenters. The van der Waals surface area contributed by atoms with Gasteiger partial charge in [-0.25, -0.2) is 0 Å². The van der Waals surface area contributed by atoms with Crippen molar-refractivity contribution < 1.29 is 17.9 Å². The molecule has 0 amide bonds. The number of nitrogens with zero attached hydrogens (tertiary/aromatic N) is 2. The van der Waals surface area contributed by atoms with Crippen molar-refractivity contribution in [1.29, 1.82) is 0 Å². The molecular weight excluding hydrogens is 309 g/mol. The minimum absolute atomic E-state index is 0.150. The number of para-hydroxylation sites is 1. The Kier molecular flexibility index (Phi) is 3.07. The van der Waals surface area contributed by atoms with Crippen LogP contribution in [0.2, 0.25) is 0 Å². The number of benzene rings is 1. The number of aromatic nitrogens is 1. The normalized spacial score (nSPS) is 18.0. The summed E-state index contributed by atoms with van der Waals surface area (Å²) in [5.41, 5.74) is 3.35. The number of ether oxygens (including phenoxy) is 1. The van der Waals surface area contributed by atoms with E-state index in [1.807, 2.05) is 32.0 Å². The topological polar surface area (TPSA) is 17.2 Å². The maximum atomic E-state index is 15.3. The molecule has 1 aromatic carbocycles. The zero-order chi connectivity index (χ0) is 17.1. The largest absolute Gasteiger partial charge is 0.740 e. The summed E-state index contributed by atoms with van der Waals surface area (Å²) in [5, 5.41) is 0. The summed E-state index contributed by atoms with van der Waals surface area (Å²) >= 11 is 0. The van der Waals surface area contributed by atoms with E-state index in [4.69, 9.17) is 4.74 Å². The van der Waals surface area contributed by atoms with E-state index in [9.17, 15) is 0 Å². The number of halogens is 2. The van der Waals surface area contributed by atoms with Gasteiger partial charge in [-0.15, -0.1) is 0 Å². The summed E-state index contributed by atoms with van der Waals surface area (Å²) in [4.78, 5) is 0. The van der Waals surface area contributed by atoms with Crippen LogP contribution in [0.25, 0.3) is 5.57 Å². The highest BCUT2D eigenvalue weighted by Crippen LogP contribution is 2.38. The van der Waals surface area contributed by atoms with Gasteiger partial charge >= 0.3 is 12.9 Å². The lowest BCUT2D eigenvalue weighted by atomic mass is 9.88. The molecule has 0 aliphatic carbocycles. The summed E-state index contributed by atoms with van der Waals surface area (Å²) in [6.45, 7) is 1.46. The Balaban J connectivity index is 1.93. The molecule has 2 aliphatic rings. The summed E-state index contributed by atoms with van der Waals surface area (Å²) in [6.07, 6.45) is 3.31. The standard InChI is InChI=1S/C18H17BF2N2O/c1-12-11-13(2)22-18(12)14(3)16-9-10-17(23(16)19(22,20)21)24-15-7-5-4-6-8-15/h4-11H,1-3H3. The van der Waals surface area contributed by atoms with E-state index >= 15 is 8.63 Å². The minimum Gasteiger partial charge on any atom is -0.409 e. The molecule has 2 aliphatic heterocycles. The van der Waals surface area contributed by atoms with Gasteiger partial charge in [0.1, 0.15) is 5.75 Å². The number of hydrogen-bond donors (Lipinski definition) is 0. The first-order valence-corrected chi connectivity index (χ1v) is 7.90. The lowest BCUT2D eigenvalue weighted by Crippen LogP contribution is -2.52. The highest BCUT2D eigenvalue weighted by molar-refractivity contribution is 6.58. The van der Waals surface area contributed by atoms with E-state index in [2.05, 4.69) is 0 Å². The van der Waals surface area contributed by atoms with E-state index in [-0.39, 0.29) is 5.90 Å². The van der Waals surface area contributed by atoms with Crippen LogP contribution in [0.5, 0.6) is 5.75 Å². The van der Waals surface area contributed by atoms with E-state index in [0.717, 1.165) is 20.1 Å². The second kappa shape index (κ2) is 4.93. The van der Waals surface area contributed by atoms with Crippen LogP contribution in [-0.2, 0) is 0 Å². The van der Waals surface area contributed by atoms with Crippen LogP contribution in [0.1, 0.15) is 23.9 Å². The molecule has 2 aromatic rings. The van der Waals surface area contributed by atoms with Crippen molar-refractivity contribution in [2.75, 3.05) is 0 Å². The molecule has 0 N–H and O–H groups in total. The average Bonchev–Trinajstić information content (AvgIpc) is 3.08. The molecular formula is C18H17BF2N2O. The van der Waals surface area contributed by atoms with Gasteiger partial charge in [0.05, 0.1) is 6.08 Å². The first-order valence-electron chi connectivity index (χ1n) is 7.90.